The third-order valence-electron chi connectivity index (χ3n) is 2.02. The molecular formula is C12H10IN3. The Bertz CT molecular complexity index is 465. The lowest BCUT2D eigenvalue weighted by Crippen LogP contribution is -1.79. The van der Waals surface area contributed by atoms with E-state index >= 15 is 0 Å². The number of hydrogen-bond acceptors (Lipinski definition) is 3. The van der Waals surface area contributed by atoms with Crippen LogP contribution in [0.3, 0.4) is 0 Å². The van der Waals surface area contributed by atoms with Crippen molar-refractivity contribution < 1.29 is 0 Å². The topological polar surface area (TPSA) is 37.6 Å². The number of nitrogens with zero attached hydrogens (tertiary/aromatic N) is 3. The van der Waals surface area contributed by atoms with Crippen LogP contribution >= 0.6 is 22.6 Å². The van der Waals surface area contributed by atoms with E-state index in [9.17, 15) is 0 Å². The molecule has 0 saturated carbocycles. The van der Waals surface area contributed by atoms with Gasteiger partial charge >= 0.3 is 0 Å². The molecule has 0 fully saturated rings. The van der Waals surface area contributed by atoms with E-state index in [2.05, 4.69) is 37.8 Å². The zero-order chi connectivity index (χ0) is 11.2. The van der Waals surface area contributed by atoms with Crippen molar-refractivity contribution in [2.24, 2.45) is 10.2 Å². The summed E-state index contributed by atoms with van der Waals surface area (Å²) in [6, 6.07) is 11.8. The molecule has 0 atom stereocenters. The zero-order valence-electron chi connectivity index (χ0n) is 8.55. The molecule has 0 bridgehead atoms. The maximum absolute atomic E-state index is 4.14. The normalized spacial score (nSPS) is 10.8. The third kappa shape index (κ3) is 3.37. The van der Waals surface area contributed by atoms with Crippen LogP contribution < -0.4 is 0 Å². The lowest BCUT2D eigenvalue weighted by atomic mass is 10.3. The standard InChI is InChI=1S/C12H10IN3/c13-11-1-3-12(4-2-11)16-15-9-10-5-7-14-8-6-10/h1-8H,9H2. The van der Waals surface area contributed by atoms with Gasteiger partial charge in [0.25, 0.3) is 0 Å². The van der Waals surface area contributed by atoms with Gasteiger partial charge in [-0.2, -0.15) is 10.2 Å². The van der Waals surface area contributed by atoms with Crippen LogP contribution in [-0.2, 0) is 6.54 Å². The van der Waals surface area contributed by atoms with Gasteiger partial charge in [-0.3, -0.25) is 4.98 Å². The number of pyridine rings is 1. The molecule has 2 aromatic rings. The molecule has 0 spiro atoms. The average molecular weight is 323 g/mol. The van der Waals surface area contributed by atoms with Gasteiger partial charge < -0.3 is 0 Å². The first-order valence-corrected chi connectivity index (χ1v) is 5.94. The van der Waals surface area contributed by atoms with Crippen molar-refractivity contribution >= 4 is 28.3 Å². The zero-order valence-corrected chi connectivity index (χ0v) is 10.7. The van der Waals surface area contributed by atoms with E-state index in [0.29, 0.717) is 6.54 Å². The lowest BCUT2D eigenvalue weighted by Gasteiger charge is -1.94. The second-order valence-electron chi connectivity index (χ2n) is 3.23. The highest BCUT2D eigenvalue weighted by atomic mass is 127. The summed E-state index contributed by atoms with van der Waals surface area (Å²) in [5, 5.41) is 8.28. The van der Waals surface area contributed by atoms with Crippen molar-refractivity contribution in [2.45, 2.75) is 6.54 Å². The minimum absolute atomic E-state index is 0.592. The van der Waals surface area contributed by atoms with Crippen LogP contribution in [0.5, 0.6) is 0 Å². The number of rotatable bonds is 3. The summed E-state index contributed by atoms with van der Waals surface area (Å²) in [7, 11) is 0. The van der Waals surface area contributed by atoms with Crippen LogP contribution in [0.25, 0.3) is 0 Å². The number of hydrogen-bond donors (Lipinski definition) is 0. The number of halogens is 1. The first-order valence-electron chi connectivity index (χ1n) is 4.86. The summed E-state index contributed by atoms with van der Waals surface area (Å²) < 4.78 is 1.20. The van der Waals surface area contributed by atoms with Crippen molar-refractivity contribution in [3.05, 3.63) is 57.9 Å². The van der Waals surface area contributed by atoms with Crippen LogP contribution in [0.2, 0.25) is 0 Å². The van der Waals surface area contributed by atoms with Gasteiger partial charge in [-0.1, -0.05) is 0 Å². The quantitative estimate of drug-likeness (QED) is 0.622. The Labute approximate surface area is 108 Å². The molecular weight excluding hydrogens is 313 g/mol. The summed E-state index contributed by atoms with van der Waals surface area (Å²) in [6.45, 7) is 0.592. The third-order valence-corrected chi connectivity index (χ3v) is 2.73. The molecule has 1 aromatic carbocycles. The van der Waals surface area contributed by atoms with Crippen molar-refractivity contribution in [1.82, 2.24) is 4.98 Å². The molecule has 1 aromatic heterocycles. The molecule has 0 aliphatic carbocycles. The molecule has 0 unspecified atom stereocenters. The molecule has 0 saturated heterocycles. The van der Waals surface area contributed by atoms with E-state index in [-0.39, 0.29) is 0 Å². The molecule has 4 heteroatoms. The minimum Gasteiger partial charge on any atom is -0.265 e. The lowest BCUT2D eigenvalue weighted by molar-refractivity contribution is 0.954. The van der Waals surface area contributed by atoms with E-state index in [1.165, 1.54) is 3.57 Å². The number of aromatic nitrogens is 1. The van der Waals surface area contributed by atoms with E-state index in [1.54, 1.807) is 12.4 Å². The fourth-order valence-corrected chi connectivity index (χ4v) is 1.55. The molecule has 0 N–H and O–H groups in total. The van der Waals surface area contributed by atoms with Gasteiger partial charge in [-0.15, -0.1) is 0 Å². The fourth-order valence-electron chi connectivity index (χ4n) is 1.19. The summed E-state index contributed by atoms with van der Waals surface area (Å²) >= 11 is 2.26. The van der Waals surface area contributed by atoms with Crippen molar-refractivity contribution in [1.29, 1.82) is 0 Å². The predicted octanol–water partition coefficient (Wildman–Crippen LogP) is 3.97. The second kappa shape index (κ2) is 5.69. The van der Waals surface area contributed by atoms with Crippen molar-refractivity contribution in [2.75, 3.05) is 0 Å². The highest BCUT2D eigenvalue weighted by molar-refractivity contribution is 14.1. The Kier molecular flexibility index (Phi) is 3.98. The van der Waals surface area contributed by atoms with Crippen LogP contribution in [-0.4, -0.2) is 4.98 Å². The Hall–Kier alpha value is -1.30. The Balaban J connectivity index is 1.98. The molecule has 3 nitrogen and oxygen atoms in total. The van der Waals surface area contributed by atoms with E-state index in [4.69, 9.17) is 0 Å². The summed E-state index contributed by atoms with van der Waals surface area (Å²) in [5.74, 6) is 0. The maximum atomic E-state index is 4.14. The highest BCUT2D eigenvalue weighted by Gasteiger charge is 1.90. The van der Waals surface area contributed by atoms with Gasteiger partial charge in [0.2, 0.25) is 0 Å². The first kappa shape index (κ1) is 11.2. The van der Waals surface area contributed by atoms with Gasteiger partial charge in [0, 0.05) is 16.0 Å². The number of benzene rings is 1. The van der Waals surface area contributed by atoms with Crippen LogP contribution in [0.15, 0.2) is 59.0 Å². The molecule has 16 heavy (non-hydrogen) atoms. The van der Waals surface area contributed by atoms with E-state index in [0.717, 1.165) is 11.3 Å². The number of azo groups is 1. The molecule has 1 heterocycles. The first-order chi connectivity index (χ1) is 7.84. The summed E-state index contributed by atoms with van der Waals surface area (Å²) in [6.07, 6.45) is 3.52. The molecule has 0 aliphatic rings. The van der Waals surface area contributed by atoms with Crippen molar-refractivity contribution in [3.8, 4) is 0 Å². The molecule has 2 rings (SSSR count). The molecule has 80 valence electrons. The highest BCUT2D eigenvalue weighted by Crippen LogP contribution is 2.15. The smallest absolute Gasteiger partial charge is 0.0854 e. The SMILES string of the molecule is Ic1ccc(N=NCc2ccncc2)cc1. The summed E-state index contributed by atoms with van der Waals surface area (Å²) in [4.78, 5) is 3.95. The predicted molar refractivity (Wildman–Crippen MR) is 71.6 cm³/mol. The Morgan fingerprint density at radius 1 is 1.00 bits per heavy atom. The van der Waals surface area contributed by atoms with Gasteiger partial charge in [0.1, 0.15) is 0 Å². The molecule has 0 radical (unpaired) electrons. The van der Waals surface area contributed by atoms with Crippen LogP contribution in [0, 0.1) is 3.57 Å². The second-order valence-corrected chi connectivity index (χ2v) is 4.48. The molecule has 0 aliphatic heterocycles. The van der Waals surface area contributed by atoms with Gasteiger partial charge in [-0.25, -0.2) is 0 Å². The van der Waals surface area contributed by atoms with E-state index in [1.807, 2.05) is 36.4 Å². The molecule has 0 amide bonds. The van der Waals surface area contributed by atoms with Gasteiger partial charge in [0.05, 0.1) is 12.2 Å². The van der Waals surface area contributed by atoms with Gasteiger partial charge in [-0.05, 0) is 64.6 Å². The fraction of sp³-hybridized carbons (Fsp3) is 0.0833. The Morgan fingerprint density at radius 3 is 2.38 bits per heavy atom. The monoisotopic (exact) mass is 323 g/mol. The largest absolute Gasteiger partial charge is 0.265 e. The maximum Gasteiger partial charge on any atom is 0.0854 e. The van der Waals surface area contributed by atoms with Crippen LogP contribution in [0.1, 0.15) is 5.56 Å². The average Bonchev–Trinajstić information content (AvgIpc) is 2.33. The van der Waals surface area contributed by atoms with Crippen molar-refractivity contribution in [3.63, 3.8) is 0 Å². The van der Waals surface area contributed by atoms with E-state index < -0.39 is 0 Å². The summed E-state index contributed by atoms with van der Waals surface area (Å²) in [5.41, 5.74) is 2.00. The Morgan fingerprint density at radius 2 is 1.69 bits per heavy atom. The van der Waals surface area contributed by atoms with Crippen LogP contribution in [0.4, 0.5) is 5.69 Å². The van der Waals surface area contributed by atoms with Gasteiger partial charge in [0.15, 0.2) is 0 Å². The minimum atomic E-state index is 0.592.